The zero-order valence-electron chi connectivity index (χ0n) is 13.5. The Bertz CT molecular complexity index is 883. The molecule has 0 unspecified atom stereocenters. The summed E-state index contributed by atoms with van der Waals surface area (Å²) in [5.41, 5.74) is 2.12. The SMILES string of the molecule is O=C1C[C@H](c2ccccc2)C[C@H](c2ccc3ccccc3c2O)C1. The topological polar surface area (TPSA) is 37.3 Å². The van der Waals surface area contributed by atoms with Gasteiger partial charge in [0.1, 0.15) is 11.5 Å². The van der Waals surface area contributed by atoms with Crippen molar-refractivity contribution in [1.29, 1.82) is 0 Å². The monoisotopic (exact) mass is 316 g/mol. The number of phenols is 1. The maximum absolute atomic E-state index is 12.3. The van der Waals surface area contributed by atoms with Gasteiger partial charge in [0.15, 0.2) is 0 Å². The predicted molar refractivity (Wildman–Crippen MR) is 96.4 cm³/mol. The maximum Gasteiger partial charge on any atom is 0.134 e. The van der Waals surface area contributed by atoms with Gasteiger partial charge in [-0.15, -0.1) is 0 Å². The van der Waals surface area contributed by atoms with E-state index in [9.17, 15) is 9.90 Å². The standard InChI is InChI=1S/C22H20O2/c23-19-13-17(15-6-2-1-3-7-15)12-18(14-19)21-11-10-16-8-4-5-9-20(16)22(21)24/h1-11,17-18,24H,12-14H2/t17-,18+/m1/s1. The smallest absolute Gasteiger partial charge is 0.134 e. The fourth-order valence-corrected chi connectivity index (χ4v) is 3.96. The van der Waals surface area contributed by atoms with E-state index in [0.717, 1.165) is 22.8 Å². The molecule has 0 amide bonds. The zero-order chi connectivity index (χ0) is 16.5. The highest BCUT2D eigenvalue weighted by molar-refractivity contribution is 5.90. The molecule has 3 aromatic carbocycles. The van der Waals surface area contributed by atoms with Gasteiger partial charge in [-0.25, -0.2) is 0 Å². The highest BCUT2D eigenvalue weighted by Crippen LogP contribution is 2.44. The minimum Gasteiger partial charge on any atom is -0.507 e. The number of carbonyl (C=O) groups is 1. The number of aromatic hydroxyl groups is 1. The minimum atomic E-state index is 0.0843. The van der Waals surface area contributed by atoms with Crippen LogP contribution in [0.25, 0.3) is 10.8 Å². The van der Waals surface area contributed by atoms with E-state index in [1.807, 2.05) is 54.6 Å². The van der Waals surface area contributed by atoms with Crippen LogP contribution in [-0.2, 0) is 4.79 Å². The second-order valence-electron chi connectivity index (χ2n) is 6.71. The summed E-state index contributed by atoms with van der Waals surface area (Å²) in [4.78, 5) is 12.3. The van der Waals surface area contributed by atoms with Gasteiger partial charge in [0.25, 0.3) is 0 Å². The predicted octanol–water partition coefficient (Wildman–Crippen LogP) is 5.17. The Morgan fingerprint density at radius 3 is 2.33 bits per heavy atom. The molecule has 4 rings (SSSR count). The minimum absolute atomic E-state index is 0.0843. The Kier molecular flexibility index (Phi) is 3.81. The summed E-state index contributed by atoms with van der Waals surface area (Å²) in [6.07, 6.45) is 2.03. The molecule has 1 fully saturated rings. The summed E-state index contributed by atoms with van der Waals surface area (Å²) in [7, 11) is 0. The number of hydrogen-bond acceptors (Lipinski definition) is 2. The lowest BCUT2D eigenvalue weighted by Gasteiger charge is -2.29. The summed E-state index contributed by atoms with van der Waals surface area (Å²) in [6, 6.07) is 22.1. The molecular formula is C22H20O2. The average molecular weight is 316 g/mol. The number of benzene rings is 3. The van der Waals surface area contributed by atoms with Crippen LogP contribution in [0, 0.1) is 0 Å². The van der Waals surface area contributed by atoms with Crippen molar-refractivity contribution >= 4 is 16.6 Å². The quantitative estimate of drug-likeness (QED) is 0.708. The van der Waals surface area contributed by atoms with Crippen LogP contribution in [0.5, 0.6) is 5.75 Å². The van der Waals surface area contributed by atoms with Crippen LogP contribution >= 0.6 is 0 Å². The average Bonchev–Trinajstić information content (AvgIpc) is 2.62. The molecular weight excluding hydrogens is 296 g/mol. The van der Waals surface area contributed by atoms with Crippen molar-refractivity contribution in [1.82, 2.24) is 0 Å². The molecule has 0 aromatic heterocycles. The number of rotatable bonds is 2. The van der Waals surface area contributed by atoms with Crippen molar-refractivity contribution in [2.75, 3.05) is 0 Å². The molecule has 24 heavy (non-hydrogen) atoms. The van der Waals surface area contributed by atoms with E-state index in [1.54, 1.807) is 0 Å². The van der Waals surface area contributed by atoms with E-state index in [1.165, 1.54) is 5.56 Å². The van der Waals surface area contributed by atoms with Gasteiger partial charge in [-0.2, -0.15) is 0 Å². The Morgan fingerprint density at radius 2 is 1.50 bits per heavy atom. The van der Waals surface area contributed by atoms with Crippen LogP contribution in [0.1, 0.15) is 42.2 Å². The van der Waals surface area contributed by atoms with Gasteiger partial charge in [0, 0.05) is 18.2 Å². The first-order valence-electron chi connectivity index (χ1n) is 8.49. The Balaban J connectivity index is 1.71. The first-order valence-corrected chi connectivity index (χ1v) is 8.49. The molecule has 1 aliphatic carbocycles. The molecule has 3 aromatic rings. The van der Waals surface area contributed by atoms with E-state index in [2.05, 4.69) is 12.1 Å². The molecule has 1 saturated carbocycles. The van der Waals surface area contributed by atoms with E-state index in [-0.39, 0.29) is 17.6 Å². The number of Topliss-reactive ketones (excluding diaryl/α,β-unsaturated/α-hetero) is 1. The Labute approximate surface area is 141 Å². The second-order valence-corrected chi connectivity index (χ2v) is 6.71. The molecule has 0 saturated heterocycles. The van der Waals surface area contributed by atoms with Crippen LogP contribution < -0.4 is 0 Å². The number of phenolic OH excluding ortho intramolecular Hbond substituents is 1. The highest BCUT2D eigenvalue weighted by Gasteiger charge is 2.30. The van der Waals surface area contributed by atoms with Crippen molar-refractivity contribution in [2.45, 2.75) is 31.1 Å². The summed E-state index contributed by atoms with van der Waals surface area (Å²) in [5, 5.41) is 12.6. The lowest BCUT2D eigenvalue weighted by molar-refractivity contribution is -0.121. The fraction of sp³-hybridized carbons (Fsp3) is 0.227. The summed E-state index contributed by atoms with van der Waals surface area (Å²) >= 11 is 0. The molecule has 120 valence electrons. The van der Waals surface area contributed by atoms with Crippen LogP contribution in [0.4, 0.5) is 0 Å². The molecule has 1 N–H and O–H groups in total. The van der Waals surface area contributed by atoms with Gasteiger partial charge < -0.3 is 5.11 Å². The number of fused-ring (bicyclic) bond motifs is 1. The molecule has 2 nitrogen and oxygen atoms in total. The van der Waals surface area contributed by atoms with Crippen LogP contribution in [0.3, 0.4) is 0 Å². The van der Waals surface area contributed by atoms with Crippen molar-refractivity contribution in [3.05, 3.63) is 77.9 Å². The van der Waals surface area contributed by atoms with Crippen LogP contribution in [0.15, 0.2) is 66.7 Å². The molecule has 0 heterocycles. The number of ketones is 1. The van der Waals surface area contributed by atoms with Crippen LogP contribution in [0.2, 0.25) is 0 Å². The summed E-state index contributed by atoms with van der Waals surface area (Å²) in [5.74, 6) is 0.941. The summed E-state index contributed by atoms with van der Waals surface area (Å²) < 4.78 is 0. The van der Waals surface area contributed by atoms with Crippen LogP contribution in [-0.4, -0.2) is 10.9 Å². The highest BCUT2D eigenvalue weighted by atomic mass is 16.3. The third-order valence-electron chi connectivity index (χ3n) is 5.16. The Hall–Kier alpha value is -2.61. The first kappa shape index (κ1) is 14.9. The van der Waals surface area contributed by atoms with E-state index < -0.39 is 0 Å². The van der Waals surface area contributed by atoms with E-state index in [0.29, 0.717) is 18.6 Å². The van der Waals surface area contributed by atoms with Gasteiger partial charge in [-0.3, -0.25) is 4.79 Å². The third-order valence-corrected chi connectivity index (χ3v) is 5.16. The number of carbonyl (C=O) groups excluding carboxylic acids is 1. The largest absolute Gasteiger partial charge is 0.507 e. The molecule has 2 atom stereocenters. The van der Waals surface area contributed by atoms with Gasteiger partial charge in [0.2, 0.25) is 0 Å². The van der Waals surface area contributed by atoms with Gasteiger partial charge in [-0.1, -0.05) is 66.7 Å². The van der Waals surface area contributed by atoms with Gasteiger partial charge >= 0.3 is 0 Å². The molecule has 0 aliphatic heterocycles. The van der Waals surface area contributed by atoms with Crippen molar-refractivity contribution in [3.63, 3.8) is 0 Å². The number of hydrogen-bond donors (Lipinski definition) is 1. The van der Waals surface area contributed by atoms with Gasteiger partial charge in [0.05, 0.1) is 0 Å². The Morgan fingerprint density at radius 1 is 0.792 bits per heavy atom. The van der Waals surface area contributed by atoms with E-state index in [4.69, 9.17) is 0 Å². The van der Waals surface area contributed by atoms with Crippen molar-refractivity contribution in [3.8, 4) is 5.75 Å². The normalized spacial score (nSPS) is 21.1. The molecule has 0 spiro atoms. The van der Waals surface area contributed by atoms with E-state index >= 15 is 0 Å². The lowest BCUT2D eigenvalue weighted by atomic mass is 9.74. The van der Waals surface area contributed by atoms with Crippen molar-refractivity contribution < 1.29 is 9.90 Å². The lowest BCUT2D eigenvalue weighted by Crippen LogP contribution is -2.20. The first-order chi connectivity index (χ1) is 11.7. The molecule has 0 bridgehead atoms. The maximum atomic E-state index is 12.3. The molecule has 1 aliphatic rings. The second kappa shape index (κ2) is 6.12. The third kappa shape index (κ3) is 2.69. The van der Waals surface area contributed by atoms with Crippen molar-refractivity contribution in [2.24, 2.45) is 0 Å². The molecule has 0 radical (unpaired) electrons. The summed E-state index contributed by atoms with van der Waals surface area (Å²) in [6.45, 7) is 0. The fourth-order valence-electron chi connectivity index (χ4n) is 3.96. The van der Waals surface area contributed by atoms with Gasteiger partial charge in [-0.05, 0) is 34.8 Å². The zero-order valence-corrected chi connectivity index (χ0v) is 13.5. The molecule has 2 heteroatoms.